The number of rotatable bonds is 1. The van der Waals surface area contributed by atoms with Crippen molar-refractivity contribution in [2.24, 2.45) is 0 Å². The van der Waals surface area contributed by atoms with Gasteiger partial charge in [0.2, 0.25) is 5.89 Å². The van der Waals surface area contributed by atoms with Crippen LogP contribution in [-0.4, -0.2) is 15.2 Å². The molecule has 15 heavy (non-hydrogen) atoms. The average molecular weight is 201 g/mol. The lowest BCUT2D eigenvalue weighted by Crippen LogP contribution is -1.75. The highest BCUT2D eigenvalue weighted by molar-refractivity contribution is 5.74. The highest BCUT2D eigenvalue weighted by atomic mass is 16.4. The molecule has 3 aromatic rings. The van der Waals surface area contributed by atoms with Gasteiger partial charge in [0.15, 0.2) is 5.58 Å². The van der Waals surface area contributed by atoms with Crippen molar-refractivity contribution in [1.29, 1.82) is 0 Å². The summed E-state index contributed by atoms with van der Waals surface area (Å²) in [6, 6.07) is 7.49. The molecule has 0 saturated carbocycles. The first kappa shape index (κ1) is 8.16. The smallest absolute Gasteiger partial charge is 0.304 e. The van der Waals surface area contributed by atoms with Crippen LogP contribution < -0.4 is 0 Å². The van der Waals surface area contributed by atoms with Gasteiger partial charge < -0.3 is 8.83 Å². The number of oxazole rings is 1. The van der Waals surface area contributed by atoms with Crippen molar-refractivity contribution in [2.45, 2.75) is 6.92 Å². The second-order valence-corrected chi connectivity index (χ2v) is 3.11. The first-order valence-electron chi connectivity index (χ1n) is 4.49. The molecule has 0 aliphatic heterocycles. The summed E-state index contributed by atoms with van der Waals surface area (Å²) in [7, 11) is 0. The maximum absolute atomic E-state index is 5.46. The summed E-state index contributed by atoms with van der Waals surface area (Å²) in [4.78, 5) is 4.23. The van der Waals surface area contributed by atoms with Crippen LogP contribution in [0.15, 0.2) is 33.1 Å². The average Bonchev–Trinajstić information content (AvgIpc) is 2.82. The lowest BCUT2D eigenvalue weighted by Gasteiger charge is -1.82. The minimum atomic E-state index is 0.309. The molecule has 2 heterocycles. The molecule has 74 valence electrons. The normalized spacial score (nSPS) is 11.0. The van der Waals surface area contributed by atoms with Crippen molar-refractivity contribution in [2.75, 3.05) is 0 Å². The van der Waals surface area contributed by atoms with E-state index in [0.29, 0.717) is 23.3 Å². The number of hydrogen-bond donors (Lipinski definition) is 0. The molecule has 0 radical (unpaired) electrons. The number of hydrogen-bond acceptors (Lipinski definition) is 5. The first-order valence-corrected chi connectivity index (χ1v) is 4.49. The molecule has 5 heteroatoms. The third-order valence-corrected chi connectivity index (χ3v) is 2.00. The molecule has 0 fully saturated rings. The summed E-state index contributed by atoms with van der Waals surface area (Å²) in [6.07, 6.45) is 0. The van der Waals surface area contributed by atoms with E-state index in [9.17, 15) is 0 Å². The molecule has 0 atom stereocenters. The summed E-state index contributed by atoms with van der Waals surface area (Å²) in [5, 5.41) is 7.55. The van der Waals surface area contributed by atoms with E-state index in [2.05, 4.69) is 15.2 Å². The molecule has 0 unspecified atom stereocenters. The Balaban J connectivity index is 2.19. The molecule has 0 spiro atoms. The van der Waals surface area contributed by atoms with Crippen LogP contribution in [0.25, 0.3) is 22.9 Å². The predicted octanol–water partition coefficient (Wildman–Crippen LogP) is 2.19. The molecule has 0 N–H and O–H groups in total. The Labute approximate surface area is 84.8 Å². The molecule has 0 aliphatic rings. The zero-order valence-corrected chi connectivity index (χ0v) is 7.97. The van der Waals surface area contributed by atoms with Gasteiger partial charge in [-0.15, -0.1) is 10.2 Å². The summed E-state index contributed by atoms with van der Waals surface area (Å²) < 4.78 is 10.7. The monoisotopic (exact) mass is 201 g/mol. The van der Waals surface area contributed by atoms with Crippen LogP contribution in [0.4, 0.5) is 0 Å². The third kappa shape index (κ3) is 1.28. The SMILES string of the molecule is Cc1nnc(-c2nc3ccccc3o2)o1. The van der Waals surface area contributed by atoms with Gasteiger partial charge in [-0.2, -0.15) is 0 Å². The number of fused-ring (bicyclic) bond motifs is 1. The van der Waals surface area contributed by atoms with Crippen LogP contribution in [0, 0.1) is 6.92 Å². The fourth-order valence-corrected chi connectivity index (χ4v) is 1.35. The largest absolute Gasteiger partial charge is 0.432 e. The van der Waals surface area contributed by atoms with Crippen molar-refractivity contribution < 1.29 is 8.83 Å². The van der Waals surface area contributed by atoms with E-state index >= 15 is 0 Å². The van der Waals surface area contributed by atoms with Gasteiger partial charge in [-0.1, -0.05) is 12.1 Å². The molecular weight excluding hydrogens is 194 g/mol. The lowest BCUT2D eigenvalue weighted by molar-refractivity contribution is 0.502. The Morgan fingerprint density at radius 2 is 1.87 bits per heavy atom. The molecule has 0 bridgehead atoms. The highest BCUT2D eigenvalue weighted by Gasteiger charge is 2.13. The molecule has 3 rings (SSSR count). The summed E-state index contributed by atoms with van der Waals surface area (Å²) in [6.45, 7) is 1.72. The van der Waals surface area contributed by atoms with Gasteiger partial charge in [-0.05, 0) is 12.1 Å². The molecule has 5 nitrogen and oxygen atoms in total. The Hall–Kier alpha value is -2.17. The lowest BCUT2D eigenvalue weighted by atomic mass is 10.3. The van der Waals surface area contributed by atoms with Gasteiger partial charge in [0, 0.05) is 6.92 Å². The number of aromatic nitrogens is 3. The van der Waals surface area contributed by atoms with Crippen LogP contribution in [0.1, 0.15) is 5.89 Å². The second kappa shape index (κ2) is 2.91. The Bertz CT molecular complexity index is 579. The Kier molecular flexibility index (Phi) is 1.58. The van der Waals surface area contributed by atoms with Crippen molar-refractivity contribution in [1.82, 2.24) is 15.2 Å². The van der Waals surface area contributed by atoms with Crippen LogP contribution >= 0.6 is 0 Å². The quantitative estimate of drug-likeness (QED) is 0.603. The van der Waals surface area contributed by atoms with E-state index in [1.807, 2.05) is 24.3 Å². The third-order valence-electron chi connectivity index (χ3n) is 2.00. The summed E-state index contributed by atoms with van der Waals surface area (Å²) in [5.74, 6) is 1.16. The van der Waals surface area contributed by atoms with E-state index in [0.717, 1.165) is 5.52 Å². The van der Waals surface area contributed by atoms with Gasteiger partial charge in [0.1, 0.15) is 5.52 Å². The molecule has 0 saturated heterocycles. The van der Waals surface area contributed by atoms with Gasteiger partial charge >= 0.3 is 5.89 Å². The number of nitrogens with zero attached hydrogens (tertiary/aromatic N) is 3. The van der Waals surface area contributed by atoms with E-state index in [-0.39, 0.29) is 0 Å². The number of benzene rings is 1. The fraction of sp³-hybridized carbons (Fsp3) is 0.100. The van der Waals surface area contributed by atoms with Crippen LogP contribution in [0.2, 0.25) is 0 Å². The van der Waals surface area contributed by atoms with Gasteiger partial charge in [0.25, 0.3) is 5.89 Å². The minimum Gasteiger partial charge on any atom is -0.432 e. The van der Waals surface area contributed by atoms with Crippen molar-refractivity contribution in [3.8, 4) is 11.8 Å². The van der Waals surface area contributed by atoms with Crippen molar-refractivity contribution >= 4 is 11.1 Å². The van der Waals surface area contributed by atoms with Gasteiger partial charge in [0.05, 0.1) is 0 Å². The molecule has 0 aliphatic carbocycles. The Morgan fingerprint density at radius 3 is 2.60 bits per heavy atom. The molecular formula is C10H7N3O2. The maximum Gasteiger partial charge on any atom is 0.304 e. The highest BCUT2D eigenvalue weighted by Crippen LogP contribution is 2.22. The van der Waals surface area contributed by atoms with Crippen molar-refractivity contribution in [3.05, 3.63) is 30.2 Å². The maximum atomic E-state index is 5.46. The number of aryl methyl sites for hydroxylation is 1. The van der Waals surface area contributed by atoms with Crippen molar-refractivity contribution in [3.63, 3.8) is 0 Å². The van der Waals surface area contributed by atoms with Crippen LogP contribution in [0.5, 0.6) is 0 Å². The Morgan fingerprint density at radius 1 is 1.00 bits per heavy atom. The number of para-hydroxylation sites is 2. The zero-order chi connectivity index (χ0) is 10.3. The predicted molar refractivity (Wildman–Crippen MR) is 52.0 cm³/mol. The standard InChI is InChI=1S/C10H7N3O2/c1-6-12-13-10(14-6)9-11-7-4-2-3-5-8(7)15-9/h2-5H,1H3. The minimum absolute atomic E-state index is 0.309. The van der Waals surface area contributed by atoms with Gasteiger partial charge in [-0.25, -0.2) is 4.98 Å². The van der Waals surface area contributed by atoms with E-state index in [1.165, 1.54) is 0 Å². The van der Waals surface area contributed by atoms with Crippen LogP contribution in [-0.2, 0) is 0 Å². The zero-order valence-electron chi connectivity index (χ0n) is 7.97. The fourth-order valence-electron chi connectivity index (χ4n) is 1.35. The van der Waals surface area contributed by atoms with E-state index < -0.39 is 0 Å². The molecule has 1 aromatic carbocycles. The first-order chi connectivity index (χ1) is 7.33. The van der Waals surface area contributed by atoms with Crippen LogP contribution in [0.3, 0.4) is 0 Å². The molecule has 0 amide bonds. The summed E-state index contributed by atoms with van der Waals surface area (Å²) in [5.41, 5.74) is 1.49. The van der Waals surface area contributed by atoms with Gasteiger partial charge in [-0.3, -0.25) is 0 Å². The summed E-state index contributed by atoms with van der Waals surface area (Å²) >= 11 is 0. The van der Waals surface area contributed by atoms with E-state index in [1.54, 1.807) is 6.92 Å². The van der Waals surface area contributed by atoms with E-state index in [4.69, 9.17) is 8.83 Å². The topological polar surface area (TPSA) is 65.0 Å². The molecule has 2 aromatic heterocycles. The second-order valence-electron chi connectivity index (χ2n) is 3.11.